The Morgan fingerprint density at radius 3 is 2.46 bits per heavy atom. The van der Waals surface area contributed by atoms with Crippen LogP contribution in [-0.2, 0) is 13.6 Å². The first-order chi connectivity index (χ1) is 13.1. The molecule has 1 aromatic carbocycles. The van der Waals surface area contributed by atoms with Gasteiger partial charge in [0.2, 0.25) is 0 Å². The number of rotatable bonds is 7. The lowest BCUT2D eigenvalue weighted by Crippen LogP contribution is -2.54. The van der Waals surface area contributed by atoms with E-state index < -0.39 is 0 Å². The molecule has 1 atom stereocenters. The van der Waals surface area contributed by atoms with E-state index in [0.29, 0.717) is 6.04 Å². The van der Waals surface area contributed by atoms with Crippen LogP contribution in [0.2, 0.25) is 0 Å². The van der Waals surface area contributed by atoms with Crippen molar-refractivity contribution >= 4 is 29.9 Å². The van der Waals surface area contributed by atoms with Gasteiger partial charge in [-0.2, -0.15) is 0 Å². The minimum Gasteiger partial charge on any atom is -0.357 e. The molecule has 5 nitrogen and oxygen atoms in total. The van der Waals surface area contributed by atoms with E-state index in [1.807, 2.05) is 14.1 Å². The van der Waals surface area contributed by atoms with Gasteiger partial charge in [0, 0.05) is 51.2 Å². The number of aliphatic imine (C=N–C) groups is 1. The smallest absolute Gasteiger partial charge is 0.191 e. The topological polar surface area (TPSA) is 53.4 Å². The number of hydrogen-bond acceptors (Lipinski definition) is 2. The monoisotopic (exact) mass is 495 g/mol. The van der Waals surface area contributed by atoms with Crippen molar-refractivity contribution in [2.45, 2.75) is 50.7 Å². The average molecular weight is 495 g/mol. The van der Waals surface area contributed by atoms with Crippen molar-refractivity contribution in [1.29, 1.82) is 0 Å². The lowest BCUT2D eigenvalue weighted by atomic mass is 9.94. The van der Waals surface area contributed by atoms with Gasteiger partial charge in [-0.15, -0.1) is 24.0 Å². The Morgan fingerprint density at radius 1 is 1.14 bits per heavy atom. The highest BCUT2D eigenvalue weighted by Gasteiger charge is 2.35. The molecule has 0 saturated heterocycles. The van der Waals surface area contributed by atoms with E-state index >= 15 is 0 Å². The second kappa shape index (κ2) is 10.9. The molecule has 1 heterocycles. The van der Waals surface area contributed by atoms with Gasteiger partial charge in [0.25, 0.3) is 0 Å². The molecule has 0 radical (unpaired) electrons. The number of halogens is 1. The molecule has 154 valence electrons. The third-order valence-corrected chi connectivity index (χ3v) is 5.55. The molecular formula is C22H34IN5. The molecule has 0 amide bonds. The molecule has 1 fully saturated rings. The molecular weight excluding hydrogens is 461 g/mol. The molecule has 1 saturated carbocycles. The number of aromatic nitrogens is 1. The van der Waals surface area contributed by atoms with Crippen LogP contribution in [0.5, 0.6) is 0 Å². The summed E-state index contributed by atoms with van der Waals surface area (Å²) in [5.41, 5.74) is 2.72. The second-order valence-corrected chi connectivity index (χ2v) is 7.73. The first kappa shape index (κ1) is 22.7. The minimum atomic E-state index is 0. The molecule has 0 aliphatic heterocycles. The normalized spacial score (nSPS) is 17.0. The Labute approximate surface area is 186 Å². The van der Waals surface area contributed by atoms with Crippen LogP contribution in [0.3, 0.4) is 0 Å². The molecule has 6 heteroatoms. The van der Waals surface area contributed by atoms with Crippen molar-refractivity contribution in [3.63, 3.8) is 0 Å². The van der Waals surface area contributed by atoms with Gasteiger partial charge in [0.05, 0.1) is 0 Å². The first-order valence-electron chi connectivity index (χ1n) is 9.98. The summed E-state index contributed by atoms with van der Waals surface area (Å²) in [5, 5.41) is 10.9. The highest BCUT2D eigenvalue weighted by atomic mass is 127. The number of aryl methyl sites for hydroxylation is 1. The second-order valence-electron chi connectivity index (χ2n) is 7.73. The van der Waals surface area contributed by atoms with Gasteiger partial charge in [0.1, 0.15) is 0 Å². The molecule has 1 aromatic heterocycles. The average Bonchev–Trinajstić information content (AvgIpc) is 3.32. The van der Waals surface area contributed by atoms with Crippen LogP contribution in [-0.4, -0.2) is 29.7 Å². The zero-order valence-electron chi connectivity index (χ0n) is 17.2. The summed E-state index contributed by atoms with van der Waals surface area (Å²) in [5.74, 6) is 0.860. The van der Waals surface area contributed by atoms with Crippen LogP contribution >= 0.6 is 24.0 Å². The summed E-state index contributed by atoms with van der Waals surface area (Å²) in [6.45, 7) is 3.93. The molecule has 0 bridgehead atoms. The van der Waals surface area contributed by atoms with Crippen molar-refractivity contribution in [2.75, 3.05) is 13.6 Å². The highest BCUT2D eigenvalue weighted by Crippen LogP contribution is 2.31. The largest absolute Gasteiger partial charge is 0.357 e. The van der Waals surface area contributed by atoms with Crippen LogP contribution in [0, 0.1) is 0 Å². The van der Waals surface area contributed by atoms with E-state index in [-0.39, 0.29) is 29.5 Å². The van der Waals surface area contributed by atoms with E-state index in [1.54, 1.807) is 0 Å². The predicted molar refractivity (Wildman–Crippen MR) is 128 cm³/mol. The Hall–Kier alpha value is -1.54. The molecule has 3 N–H and O–H groups in total. The quantitative estimate of drug-likeness (QED) is 0.310. The summed E-state index contributed by atoms with van der Waals surface area (Å²) in [4.78, 5) is 4.40. The minimum absolute atomic E-state index is 0. The molecule has 2 aromatic rings. The lowest BCUT2D eigenvalue weighted by Gasteiger charge is -2.35. The van der Waals surface area contributed by atoms with Crippen LogP contribution in [0.1, 0.15) is 49.8 Å². The summed E-state index contributed by atoms with van der Waals surface area (Å²) >= 11 is 0. The number of benzene rings is 1. The maximum Gasteiger partial charge on any atom is 0.191 e. The molecule has 1 aliphatic carbocycles. The lowest BCUT2D eigenvalue weighted by molar-refractivity contribution is 0.297. The van der Waals surface area contributed by atoms with Gasteiger partial charge >= 0.3 is 0 Å². The van der Waals surface area contributed by atoms with Gasteiger partial charge in [-0.05, 0) is 37.0 Å². The zero-order chi connectivity index (χ0) is 19.1. The third-order valence-electron chi connectivity index (χ3n) is 5.55. The molecule has 1 aliphatic rings. The first-order valence-corrected chi connectivity index (χ1v) is 9.98. The van der Waals surface area contributed by atoms with Crippen molar-refractivity contribution in [1.82, 2.24) is 20.5 Å². The van der Waals surface area contributed by atoms with Crippen LogP contribution in [0.15, 0.2) is 53.8 Å². The van der Waals surface area contributed by atoms with E-state index in [1.165, 1.54) is 36.8 Å². The molecule has 1 unspecified atom stereocenters. The number of nitrogens with zero attached hydrogens (tertiary/aromatic N) is 2. The maximum absolute atomic E-state index is 4.40. The van der Waals surface area contributed by atoms with Crippen molar-refractivity contribution in [2.24, 2.45) is 12.0 Å². The van der Waals surface area contributed by atoms with Crippen molar-refractivity contribution < 1.29 is 0 Å². The Kier molecular flexibility index (Phi) is 8.82. The van der Waals surface area contributed by atoms with Gasteiger partial charge in [-0.25, -0.2) is 0 Å². The van der Waals surface area contributed by atoms with E-state index in [2.05, 4.69) is 81.2 Å². The Balaban J connectivity index is 0.00000280. The fourth-order valence-corrected chi connectivity index (χ4v) is 4.03. The van der Waals surface area contributed by atoms with E-state index in [4.69, 9.17) is 0 Å². The Bertz CT molecular complexity index is 734. The summed E-state index contributed by atoms with van der Waals surface area (Å²) < 4.78 is 2.07. The standard InChI is InChI=1S/C22H33N5.HI/c1-18(20-9-5-4-6-10-20)26-22(12-7-8-13-22)17-25-21(23-2)24-15-19-11-14-27(3)16-19;/h4-6,9-11,14,16,18,26H,7-8,12-13,15,17H2,1-3H3,(H2,23,24,25);1H. The van der Waals surface area contributed by atoms with Crippen LogP contribution in [0.4, 0.5) is 0 Å². The summed E-state index contributed by atoms with van der Waals surface area (Å²) in [6, 6.07) is 13.2. The SMILES string of the molecule is CN=C(NCc1ccn(C)c1)NCC1(NC(C)c2ccccc2)CCCC1.I. The summed E-state index contributed by atoms with van der Waals surface area (Å²) in [6.07, 6.45) is 9.16. The molecule has 28 heavy (non-hydrogen) atoms. The third kappa shape index (κ3) is 6.24. The zero-order valence-corrected chi connectivity index (χ0v) is 19.6. The van der Waals surface area contributed by atoms with Gasteiger partial charge < -0.3 is 20.5 Å². The predicted octanol–water partition coefficient (Wildman–Crippen LogP) is 3.97. The van der Waals surface area contributed by atoms with E-state index in [0.717, 1.165) is 19.0 Å². The number of nitrogens with one attached hydrogen (secondary N) is 3. The molecule has 3 rings (SSSR count). The van der Waals surface area contributed by atoms with Crippen LogP contribution in [0.25, 0.3) is 0 Å². The fraction of sp³-hybridized carbons (Fsp3) is 0.500. The van der Waals surface area contributed by atoms with Crippen molar-refractivity contribution in [3.8, 4) is 0 Å². The number of guanidine groups is 1. The fourth-order valence-electron chi connectivity index (χ4n) is 4.03. The van der Waals surface area contributed by atoms with Gasteiger partial charge in [0.15, 0.2) is 5.96 Å². The number of hydrogen-bond donors (Lipinski definition) is 3. The van der Waals surface area contributed by atoms with Crippen LogP contribution < -0.4 is 16.0 Å². The highest BCUT2D eigenvalue weighted by molar-refractivity contribution is 14.0. The maximum atomic E-state index is 4.40. The summed E-state index contributed by atoms with van der Waals surface area (Å²) in [7, 11) is 3.88. The van der Waals surface area contributed by atoms with Crippen molar-refractivity contribution in [3.05, 3.63) is 59.9 Å². The van der Waals surface area contributed by atoms with Gasteiger partial charge in [-0.3, -0.25) is 4.99 Å². The van der Waals surface area contributed by atoms with Gasteiger partial charge in [-0.1, -0.05) is 43.2 Å². The Morgan fingerprint density at radius 2 is 1.86 bits per heavy atom. The molecule has 0 spiro atoms. The van der Waals surface area contributed by atoms with E-state index in [9.17, 15) is 0 Å².